The number of benzene rings is 3. The van der Waals surface area contributed by atoms with Gasteiger partial charge in [0.15, 0.2) is 0 Å². The van der Waals surface area contributed by atoms with Crippen molar-refractivity contribution in [3.63, 3.8) is 0 Å². The van der Waals surface area contributed by atoms with E-state index in [2.05, 4.69) is 80.6 Å². The van der Waals surface area contributed by atoms with Crippen LogP contribution in [0, 0.1) is 0 Å². The van der Waals surface area contributed by atoms with Gasteiger partial charge >= 0.3 is 0 Å². The molecule has 0 spiro atoms. The van der Waals surface area contributed by atoms with Gasteiger partial charge in [0, 0.05) is 0 Å². The first kappa shape index (κ1) is 20.0. The molecule has 1 unspecified atom stereocenters. The van der Waals surface area contributed by atoms with Gasteiger partial charge in [-0.05, 0) is 83.4 Å². The smallest absolute Gasteiger partial charge is 0.0118 e. The molecule has 1 aliphatic carbocycles. The van der Waals surface area contributed by atoms with E-state index < -0.39 is 0 Å². The van der Waals surface area contributed by atoms with Crippen LogP contribution in [0.2, 0.25) is 0 Å². The van der Waals surface area contributed by atoms with Gasteiger partial charge in [0.05, 0.1) is 0 Å². The predicted octanol–water partition coefficient (Wildman–Crippen LogP) is 7.92. The van der Waals surface area contributed by atoms with Crippen molar-refractivity contribution in [3.05, 3.63) is 94.5 Å². The predicted molar refractivity (Wildman–Crippen MR) is 126 cm³/mol. The Morgan fingerprint density at radius 2 is 1.38 bits per heavy atom. The first-order valence-corrected chi connectivity index (χ1v) is 11.6. The molecule has 0 radical (unpaired) electrons. The Kier molecular flexibility index (Phi) is 6.49. The average molecular weight is 383 g/mol. The number of unbranched alkanes of at least 4 members (excludes halogenated alkanes) is 1. The molecule has 1 aliphatic rings. The Hall–Kier alpha value is -2.34. The SMILES string of the molecule is CCCCc1ccc(-c2ccc3c(c2)CCC(c2ccc(CCC)cc2)C3)cc1. The topological polar surface area (TPSA) is 0 Å². The molecule has 29 heavy (non-hydrogen) atoms. The quantitative estimate of drug-likeness (QED) is 0.389. The lowest BCUT2D eigenvalue weighted by atomic mass is 9.79. The number of hydrogen-bond acceptors (Lipinski definition) is 0. The molecule has 0 aliphatic heterocycles. The minimum atomic E-state index is 0.668. The van der Waals surface area contributed by atoms with Crippen molar-refractivity contribution in [2.75, 3.05) is 0 Å². The number of aryl methyl sites for hydroxylation is 3. The molecule has 4 rings (SSSR count). The molecule has 0 saturated carbocycles. The van der Waals surface area contributed by atoms with Gasteiger partial charge in [-0.15, -0.1) is 0 Å². The van der Waals surface area contributed by atoms with Crippen LogP contribution in [0.25, 0.3) is 11.1 Å². The van der Waals surface area contributed by atoms with Crippen molar-refractivity contribution in [2.24, 2.45) is 0 Å². The molecule has 0 heteroatoms. The van der Waals surface area contributed by atoms with Gasteiger partial charge in [0.1, 0.15) is 0 Å². The third-order valence-electron chi connectivity index (χ3n) is 6.53. The highest BCUT2D eigenvalue weighted by Crippen LogP contribution is 2.35. The third-order valence-corrected chi connectivity index (χ3v) is 6.53. The summed E-state index contributed by atoms with van der Waals surface area (Å²) in [6.45, 7) is 4.51. The van der Waals surface area contributed by atoms with Crippen LogP contribution in [-0.4, -0.2) is 0 Å². The lowest BCUT2D eigenvalue weighted by Crippen LogP contribution is -2.13. The second kappa shape index (κ2) is 9.44. The standard InChI is InChI=1S/C29H34/c1-3-5-7-23-10-14-25(15-11-23)27-17-19-28-20-26(16-18-29(28)21-27)24-12-8-22(6-4-2)9-13-24/h8-15,17,19,21,26H,3-7,16,18,20H2,1-2H3. The molecule has 150 valence electrons. The fourth-order valence-corrected chi connectivity index (χ4v) is 4.71. The molecule has 3 aromatic rings. The zero-order chi connectivity index (χ0) is 20.1. The largest absolute Gasteiger partial charge is 0.0654 e. The normalized spacial score (nSPS) is 15.9. The van der Waals surface area contributed by atoms with Crippen LogP contribution in [0.3, 0.4) is 0 Å². The lowest BCUT2D eigenvalue weighted by molar-refractivity contribution is 0.585. The highest BCUT2D eigenvalue weighted by Gasteiger charge is 2.20. The van der Waals surface area contributed by atoms with E-state index in [1.807, 2.05) is 0 Å². The summed E-state index contributed by atoms with van der Waals surface area (Å²) in [5, 5.41) is 0. The Balaban J connectivity index is 1.47. The molecule has 0 fully saturated rings. The molecular weight excluding hydrogens is 348 g/mol. The van der Waals surface area contributed by atoms with Crippen molar-refractivity contribution in [3.8, 4) is 11.1 Å². The maximum Gasteiger partial charge on any atom is -0.0118 e. The number of rotatable bonds is 7. The van der Waals surface area contributed by atoms with Gasteiger partial charge in [0.25, 0.3) is 0 Å². The fraction of sp³-hybridized carbons (Fsp3) is 0.379. The van der Waals surface area contributed by atoms with Crippen LogP contribution in [0.15, 0.2) is 66.7 Å². The highest BCUT2D eigenvalue weighted by molar-refractivity contribution is 5.65. The summed E-state index contributed by atoms with van der Waals surface area (Å²) in [6, 6.07) is 25.8. The lowest BCUT2D eigenvalue weighted by Gasteiger charge is -2.26. The Morgan fingerprint density at radius 3 is 2.10 bits per heavy atom. The van der Waals surface area contributed by atoms with Crippen molar-refractivity contribution >= 4 is 0 Å². The number of fused-ring (bicyclic) bond motifs is 1. The van der Waals surface area contributed by atoms with Crippen LogP contribution in [0.1, 0.15) is 73.3 Å². The minimum absolute atomic E-state index is 0.668. The minimum Gasteiger partial charge on any atom is -0.0654 e. The molecule has 3 aromatic carbocycles. The van der Waals surface area contributed by atoms with Gasteiger partial charge in [-0.1, -0.05) is 93.4 Å². The van der Waals surface area contributed by atoms with Gasteiger partial charge in [-0.25, -0.2) is 0 Å². The Labute approximate surface area is 177 Å². The average Bonchev–Trinajstić information content (AvgIpc) is 2.78. The van der Waals surface area contributed by atoms with Crippen molar-refractivity contribution in [1.82, 2.24) is 0 Å². The molecule has 0 bridgehead atoms. The number of hydrogen-bond donors (Lipinski definition) is 0. The molecule has 0 heterocycles. The van der Waals surface area contributed by atoms with Crippen LogP contribution in [0.5, 0.6) is 0 Å². The summed E-state index contributed by atoms with van der Waals surface area (Å²) in [7, 11) is 0. The van der Waals surface area contributed by atoms with Crippen molar-refractivity contribution in [2.45, 2.75) is 71.1 Å². The first-order chi connectivity index (χ1) is 14.3. The molecule has 0 nitrogen and oxygen atoms in total. The fourth-order valence-electron chi connectivity index (χ4n) is 4.71. The second-order valence-electron chi connectivity index (χ2n) is 8.72. The Morgan fingerprint density at radius 1 is 0.690 bits per heavy atom. The third kappa shape index (κ3) is 4.81. The van der Waals surface area contributed by atoms with E-state index in [1.54, 1.807) is 11.1 Å². The van der Waals surface area contributed by atoms with E-state index in [0.29, 0.717) is 5.92 Å². The summed E-state index contributed by atoms with van der Waals surface area (Å²) in [6.07, 6.45) is 9.78. The highest BCUT2D eigenvalue weighted by atomic mass is 14.2. The molecule has 0 saturated heterocycles. The van der Waals surface area contributed by atoms with Crippen molar-refractivity contribution < 1.29 is 0 Å². The molecule has 0 amide bonds. The van der Waals surface area contributed by atoms with E-state index in [-0.39, 0.29) is 0 Å². The van der Waals surface area contributed by atoms with Crippen LogP contribution >= 0.6 is 0 Å². The van der Waals surface area contributed by atoms with E-state index in [0.717, 1.165) is 0 Å². The van der Waals surface area contributed by atoms with Gasteiger partial charge in [0.2, 0.25) is 0 Å². The Bertz CT molecular complexity index is 915. The van der Waals surface area contributed by atoms with Crippen molar-refractivity contribution in [1.29, 1.82) is 0 Å². The summed E-state index contributed by atoms with van der Waals surface area (Å²) in [5.41, 5.74) is 10.3. The van der Waals surface area contributed by atoms with Gasteiger partial charge < -0.3 is 0 Å². The molecule has 1 atom stereocenters. The van der Waals surface area contributed by atoms with Crippen LogP contribution in [0.4, 0.5) is 0 Å². The maximum atomic E-state index is 2.44. The summed E-state index contributed by atoms with van der Waals surface area (Å²) in [4.78, 5) is 0. The second-order valence-corrected chi connectivity index (χ2v) is 8.72. The van der Waals surface area contributed by atoms with E-state index in [9.17, 15) is 0 Å². The monoisotopic (exact) mass is 382 g/mol. The molecule has 0 aromatic heterocycles. The summed E-state index contributed by atoms with van der Waals surface area (Å²) >= 11 is 0. The summed E-state index contributed by atoms with van der Waals surface area (Å²) in [5.74, 6) is 0.668. The van der Waals surface area contributed by atoms with E-state index in [4.69, 9.17) is 0 Å². The maximum absolute atomic E-state index is 2.44. The zero-order valence-corrected chi connectivity index (χ0v) is 18.1. The molecule has 0 N–H and O–H groups in total. The summed E-state index contributed by atoms with van der Waals surface area (Å²) < 4.78 is 0. The zero-order valence-electron chi connectivity index (χ0n) is 18.1. The molecular formula is C29H34. The van der Waals surface area contributed by atoms with Crippen LogP contribution < -0.4 is 0 Å². The van der Waals surface area contributed by atoms with Gasteiger partial charge in [-0.2, -0.15) is 0 Å². The first-order valence-electron chi connectivity index (χ1n) is 11.6. The van der Waals surface area contributed by atoms with E-state index >= 15 is 0 Å². The van der Waals surface area contributed by atoms with Gasteiger partial charge in [-0.3, -0.25) is 0 Å². The van der Waals surface area contributed by atoms with Crippen LogP contribution in [-0.2, 0) is 25.7 Å². The van der Waals surface area contributed by atoms with E-state index in [1.165, 1.54) is 79.2 Å².